The normalized spacial score (nSPS) is 25.3. The summed E-state index contributed by atoms with van der Waals surface area (Å²) in [4.78, 5) is 3.93. The monoisotopic (exact) mass is 309 g/mol. The van der Waals surface area contributed by atoms with Crippen LogP contribution >= 0.6 is 22.9 Å². The van der Waals surface area contributed by atoms with Crippen molar-refractivity contribution in [2.45, 2.75) is 48.9 Å². The molecule has 1 aromatic heterocycles. The molecule has 0 atom stereocenters. The summed E-state index contributed by atoms with van der Waals surface area (Å²) in [6, 6.07) is 0.167. The topological polar surface area (TPSA) is 85.1 Å². The van der Waals surface area contributed by atoms with E-state index in [0.29, 0.717) is 5.69 Å². The van der Waals surface area contributed by atoms with E-state index in [9.17, 15) is 8.42 Å². The van der Waals surface area contributed by atoms with E-state index >= 15 is 0 Å². The van der Waals surface area contributed by atoms with Gasteiger partial charge in [0.2, 0.25) is 0 Å². The SMILES string of the molecule is Cc1nc(Cl)sc1S(=O)(=O)NC1CCC(N)CC1. The molecule has 0 spiro atoms. The van der Waals surface area contributed by atoms with Crippen molar-refractivity contribution in [2.75, 3.05) is 0 Å². The molecule has 1 aliphatic rings. The molecule has 5 nitrogen and oxygen atoms in total. The molecule has 0 saturated heterocycles. The Bertz CT molecular complexity index is 521. The third-order valence-corrected chi connectivity index (χ3v) is 6.46. The van der Waals surface area contributed by atoms with Gasteiger partial charge in [0, 0.05) is 12.1 Å². The molecule has 1 heterocycles. The molecule has 0 aliphatic heterocycles. The highest BCUT2D eigenvalue weighted by molar-refractivity contribution is 7.91. The molecule has 18 heavy (non-hydrogen) atoms. The fourth-order valence-electron chi connectivity index (χ4n) is 2.11. The second-order valence-corrected chi connectivity index (χ2v) is 8.06. The first-order valence-corrected chi connectivity index (χ1v) is 8.47. The Morgan fingerprint density at radius 2 is 2.00 bits per heavy atom. The number of aromatic nitrogens is 1. The smallest absolute Gasteiger partial charge is 0.252 e. The van der Waals surface area contributed by atoms with Crippen LogP contribution in [0.4, 0.5) is 0 Å². The van der Waals surface area contributed by atoms with Gasteiger partial charge in [-0.15, -0.1) is 0 Å². The molecule has 1 aromatic rings. The summed E-state index contributed by atoms with van der Waals surface area (Å²) < 4.78 is 27.5. The molecule has 0 amide bonds. The maximum absolute atomic E-state index is 12.2. The molecule has 0 aromatic carbocycles. The van der Waals surface area contributed by atoms with Crippen LogP contribution in [0.5, 0.6) is 0 Å². The number of thiazole rings is 1. The predicted octanol–water partition coefficient (Wildman–Crippen LogP) is 1.65. The lowest BCUT2D eigenvalue weighted by Gasteiger charge is -2.26. The Hall–Kier alpha value is -0.210. The number of nitrogens with one attached hydrogen (secondary N) is 1. The zero-order valence-electron chi connectivity index (χ0n) is 10.0. The Labute approximate surface area is 116 Å². The van der Waals surface area contributed by atoms with Crippen LogP contribution in [-0.4, -0.2) is 25.5 Å². The molecule has 102 valence electrons. The van der Waals surface area contributed by atoms with Crippen LogP contribution in [0, 0.1) is 6.92 Å². The van der Waals surface area contributed by atoms with Crippen LogP contribution in [0.25, 0.3) is 0 Å². The van der Waals surface area contributed by atoms with E-state index in [1.165, 1.54) is 0 Å². The summed E-state index contributed by atoms with van der Waals surface area (Å²) in [5, 5.41) is 0. The number of sulfonamides is 1. The van der Waals surface area contributed by atoms with E-state index in [2.05, 4.69) is 9.71 Å². The number of nitrogens with zero attached hydrogens (tertiary/aromatic N) is 1. The van der Waals surface area contributed by atoms with Gasteiger partial charge in [0.25, 0.3) is 10.0 Å². The molecule has 0 bridgehead atoms. The van der Waals surface area contributed by atoms with E-state index < -0.39 is 10.0 Å². The summed E-state index contributed by atoms with van der Waals surface area (Å²) in [6.07, 6.45) is 3.28. The maximum Gasteiger partial charge on any atom is 0.252 e. The first-order valence-electron chi connectivity index (χ1n) is 5.79. The van der Waals surface area contributed by atoms with Gasteiger partial charge in [0.05, 0.1) is 5.69 Å². The fourth-order valence-corrected chi connectivity index (χ4v) is 5.17. The lowest BCUT2D eigenvalue weighted by molar-refractivity contribution is 0.373. The van der Waals surface area contributed by atoms with E-state index in [0.717, 1.165) is 37.0 Å². The average molecular weight is 310 g/mol. The van der Waals surface area contributed by atoms with Crippen LogP contribution in [-0.2, 0) is 10.0 Å². The lowest BCUT2D eigenvalue weighted by Crippen LogP contribution is -2.40. The van der Waals surface area contributed by atoms with Crippen LogP contribution in [0.2, 0.25) is 4.47 Å². The summed E-state index contributed by atoms with van der Waals surface area (Å²) >= 11 is 6.72. The fraction of sp³-hybridized carbons (Fsp3) is 0.700. The zero-order chi connectivity index (χ0) is 13.3. The largest absolute Gasteiger partial charge is 0.328 e. The van der Waals surface area contributed by atoms with Crippen molar-refractivity contribution in [1.82, 2.24) is 9.71 Å². The first-order chi connectivity index (χ1) is 8.38. The second-order valence-electron chi connectivity index (χ2n) is 4.57. The molecular weight excluding hydrogens is 294 g/mol. The van der Waals surface area contributed by atoms with Crippen molar-refractivity contribution in [3.8, 4) is 0 Å². The molecule has 3 N–H and O–H groups in total. The Morgan fingerprint density at radius 3 is 2.50 bits per heavy atom. The molecule has 1 saturated carbocycles. The van der Waals surface area contributed by atoms with Crippen LogP contribution in [0.1, 0.15) is 31.4 Å². The van der Waals surface area contributed by atoms with Crippen molar-refractivity contribution < 1.29 is 8.42 Å². The van der Waals surface area contributed by atoms with Gasteiger partial charge >= 0.3 is 0 Å². The van der Waals surface area contributed by atoms with E-state index in [1.54, 1.807) is 6.92 Å². The van der Waals surface area contributed by atoms with Gasteiger partial charge in [-0.1, -0.05) is 22.9 Å². The van der Waals surface area contributed by atoms with Gasteiger partial charge in [-0.3, -0.25) is 0 Å². The van der Waals surface area contributed by atoms with Crippen molar-refractivity contribution >= 4 is 33.0 Å². The van der Waals surface area contributed by atoms with Gasteiger partial charge in [-0.05, 0) is 32.6 Å². The summed E-state index contributed by atoms with van der Waals surface area (Å²) in [6.45, 7) is 1.65. The molecule has 0 radical (unpaired) electrons. The number of aryl methyl sites for hydroxylation is 1. The Morgan fingerprint density at radius 1 is 1.39 bits per heavy atom. The highest BCUT2D eigenvalue weighted by Crippen LogP contribution is 2.28. The highest BCUT2D eigenvalue weighted by atomic mass is 35.5. The summed E-state index contributed by atoms with van der Waals surface area (Å²) in [5.74, 6) is 0. The van der Waals surface area contributed by atoms with Gasteiger partial charge in [-0.25, -0.2) is 18.1 Å². The van der Waals surface area contributed by atoms with Crippen LogP contribution in [0.3, 0.4) is 0 Å². The zero-order valence-corrected chi connectivity index (χ0v) is 12.4. The lowest BCUT2D eigenvalue weighted by atomic mass is 9.93. The van der Waals surface area contributed by atoms with Crippen LogP contribution < -0.4 is 10.5 Å². The molecule has 2 rings (SSSR count). The van der Waals surface area contributed by atoms with E-state index in [4.69, 9.17) is 17.3 Å². The number of hydrogen-bond donors (Lipinski definition) is 2. The van der Waals surface area contributed by atoms with Crippen LogP contribution in [0.15, 0.2) is 4.21 Å². The minimum atomic E-state index is -3.51. The number of rotatable bonds is 3. The van der Waals surface area contributed by atoms with Crippen molar-refractivity contribution in [3.63, 3.8) is 0 Å². The molecule has 8 heteroatoms. The third-order valence-electron chi connectivity index (χ3n) is 3.07. The predicted molar refractivity (Wildman–Crippen MR) is 72.4 cm³/mol. The second kappa shape index (κ2) is 5.42. The van der Waals surface area contributed by atoms with Gasteiger partial charge < -0.3 is 5.73 Å². The minimum Gasteiger partial charge on any atom is -0.328 e. The number of halogens is 1. The Balaban J connectivity index is 2.10. The highest BCUT2D eigenvalue weighted by Gasteiger charge is 2.27. The first kappa shape index (κ1) is 14.2. The molecule has 1 fully saturated rings. The maximum atomic E-state index is 12.2. The molecular formula is C10H16ClN3O2S2. The summed E-state index contributed by atoms with van der Waals surface area (Å²) in [5.41, 5.74) is 6.25. The van der Waals surface area contributed by atoms with Gasteiger partial charge in [-0.2, -0.15) is 0 Å². The average Bonchev–Trinajstić information content (AvgIpc) is 2.62. The third kappa shape index (κ3) is 3.21. The minimum absolute atomic E-state index is 0.0323. The standard InChI is InChI=1S/C10H16ClN3O2S2/c1-6-9(17-10(11)13-6)18(15,16)14-8-4-2-7(12)3-5-8/h7-8,14H,2-5,12H2,1H3. The quantitative estimate of drug-likeness (QED) is 0.889. The molecule has 0 unspecified atom stereocenters. The van der Waals surface area contributed by atoms with Gasteiger partial charge in [0.15, 0.2) is 8.68 Å². The van der Waals surface area contributed by atoms with Gasteiger partial charge in [0.1, 0.15) is 0 Å². The number of nitrogens with two attached hydrogens (primary N) is 1. The van der Waals surface area contributed by atoms with E-state index in [-0.39, 0.29) is 20.8 Å². The molecule has 1 aliphatic carbocycles. The van der Waals surface area contributed by atoms with Crippen molar-refractivity contribution in [2.24, 2.45) is 5.73 Å². The van der Waals surface area contributed by atoms with Crippen molar-refractivity contribution in [1.29, 1.82) is 0 Å². The summed E-state index contributed by atoms with van der Waals surface area (Å²) in [7, 11) is -3.51. The van der Waals surface area contributed by atoms with Crippen molar-refractivity contribution in [3.05, 3.63) is 10.2 Å². The van der Waals surface area contributed by atoms with E-state index in [1.807, 2.05) is 0 Å². The number of hydrogen-bond acceptors (Lipinski definition) is 5. The Kier molecular flexibility index (Phi) is 4.28.